The van der Waals surface area contributed by atoms with Crippen LogP contribution in [0.1, 0.15) is 6.92 Å². The maximum Gasteiger partial charge on any atom is 0.358 e. The van der Waals surface area contributed by atoms with Crippen molar-refractivity contribution in [2.45, 2.75) is 6.92 Å². The molecular formula is C6H11N3O2. The molecule has 0 amide bonds. The number of rotatable bonds is 2. The van der Waals surface area contributed by atoms with Crippen LogP contribution in [-0.4, -0.2) is 18.9 Å². The topological polar surface area (TPSA) is 90.7 Å². The lowest BCUT2D eigenvalue weighted by molar-refractivity contribution is -0.136. The maximum absolute atomic E-state index is 10.7. The minimum atomic E-state index is -0.600. The fraction of sp³-hybridized carbons (Fsp3) is 0.333. The molecule has 0 spiro atoms. The molecule has 5 heteroatoms. The third kappa shape index (κ3) is 3.24. The number of ether oxygens (including phenoxy) is 1. The summed E-state index contributed by atoms with van der Waals surface area (Å²) in [5.41, 5.74) is 10.3. The monoisotopic (exact) mass is 157 g/mol. The summed E-state index contributed by atoms with van der Waals surface area (Å²) in [4.78, 5) is 14.4. The van der Waals surface area contributed by atoms with Crippen molar-refractivity contribution in [3.63, 3.8) is 0 Å². The van der Waals surface area contributed by atoms with Gasteiger partial charge in [0.25, 0.3) is 0 Å². The molecule has 0 atom stereocenters. The van der Waals surface area contributed by atoms with E-state index in [1.54, 1.807) is 6.92 Å². The molecule has 0 aliphatic heterocycles. The first-order valence-corrected chi connectivity index (χ1v) is 2.92. The van der Waals surface area contributed by atoms with E-state index in [0.717, 1.165) is 6.20 Å². The number of carbonyl (C=O) groups is 1. The summed E-state index contributed by atoms with van der Waals surface area (Å²) < 4.78 is 4.35. The van der Waals surface area contributed by atoms with Gasteiger partial charge in [-0.1, -0.05) is 0 Å². The van der Waals surface area contributed by atoms with Crippen LogP contribution >= 0.6 is 0 Å². The van der Waals surface area contributed by atoms with Crippen molar-refractivity contribution < 1.29 is 9.53 Å². The molecule has 0 rings (SSSR count). The van der Waals surface area contributed by atoms with Crippen molar-refractivity contribution in [2.24, 2.45) is 16.5 Å². The maximum atomic E-state index is 10.7. The second kappa shape index (κ2) is 4.32. The number of hydrogen-bond donors (Lipinski definition) is 2. The Labute approximate surface area is 64.7 Å². The second-order valence-electron chi connectivity index (χ2n) is 1.80. The van der Waals surface area contributed by atoms with Crippen LogP contribution in [0.4, 0.5) is 0 Å². The third-order valence-corrected chi connectivity index (χ3v) is 0.849. The Kier molecular flexibility index (Phi) is 3.72. The van der Waals surface area contributed by atoms with Gasteiger partial charge in [-0.25, -0.2) is 9.79 Å². The van der Waals surface area contributed by atoms with Gasteiger partial charge in [0.1, 0.15) is 0 Å². The summed E-state index contributed by atoms with van der Waals surface area (Å²) in [6, 6.07) is 0. The Morgan fingerprint density at radius 3 is 2.45 bits per heavy atom. The molecule has 5 nitrogen and oxygen atoms in total. The minimum absolute atomic E-state index is 0.00694. The van der Waals surface area contributed by atoms with Crippen LogP contribution in [0.25, 0.3) is 0 Å². The number of aliphatic imine (C=N–C) groups is 1. The van der Waals surface area contributed by atoms with Crippen molar-refractivity contribution in [3.05, 3.63) is 11.9 Å². The van der Waals surface area contributed by atoms with Gasteiger partial charge in [0, 0.05) is 6.20 Å². The van der Waals surface area contributed by atoms with Gasteiger partial charge in [0.15, 0.2) is 5.70 Å². The van der Waals surface area contributed by atoms with Gasteiger partial charge in [-0.15, -0.1) is 0 Å². The molecule has 11 heavy (non-hydrogen) atoms. The molecule has 0 aliphatic rings. The average Bonchev–Trinajstić information content (AvgIpc) is 1.98. The number of hydrogen-bond acceptors (Lipinski definition) is 4. The standard InChI is InChI=1S/C6H11N3O2/c1-4(8)9-5(3-7)6(10)11-2/h3H,7H2,1-2H3,(H2,8,9)/b5-3-. The molecule has 0 heterocycles. The molecule has 4 N–H and O–H groups in total. The molecule has 0 aliphatic carbocycles. The Balaban J connectivity index is 4.45. The van der Waals surface area contributed by atoms with Gasteiger partial charge in [-0.2, -0.15) is 0 Å². The van der Waals surface area contributed by atoms with Crippen LogP contribution < -0.4 is 11.5 Å². The van der Waals surface area contributed by atoms with E-state index in [2.05, 4.69) is 9.73 Å². The SMILES string of the molecule is COC(=O)/C(=C/N)N=C(C)N. The third-order valence-electron chi connectivity index (χ3n) is 0.849. The number of methoxy groups -OCH3 is 1. The first-order chi connectivity index (χ1) is 5.11. The summed E-state index contributed by atoms with van der Waals surface area (Å²) in [6.07, 6.45) is 1.04. The fourth-order valence-electron chi connectivity index (χ4n) is 0.446. The van der Waals surface area contributed by atoms with Crippen LogP contribution in [0.5, 0.6) is 0 Å². The zero-order valence-electron chi connectivity index (χ0n) is 6.50. The summed E-state index contributed by atoms with van der Waals surface area (Å²) in [6.45, 7) is 1.55. The smallest absolute Gasteiger partial charge is 0.358 e. The van der Waals surface area contributed by atoms with E-state index < -0.39 is 5.97 Å². The predicted molar refractivity (Wildman–Crippen MR) is 41.6 cm³/mol. The number of nitrogens with two attached hydrogens (primary N) is 2. The van der Waals surface area contributed by atoms with Gasteiger partial charge >= 0.3 is 5.97 Å². The van der Waals surface area contributed by atoms with E-state index in [0.29, 0.717) is 0 Å². The molecule has 0 radical (unpaired) electrons. The van der Waals surface area contributed by atoms with Crippen molar-refractivity contribution in [3.8, 4) is 0 Å². The van der Waals surface area contributed by atoms with Crippen molar-refractivity contribution >= 4 is 11.8 Å². The van der Waals surface area contributed by atoms with Gasteiger partial charge in [-0.05, 0) is 6.92 Å². The van der Waals surface area contributed by atoms with Crippen LogP contribution in [0.3, 0.4) is 0 Å². The molecule has 0 aromatic heterocycles. The molecule has 0 aromatic carbocycles. The van der Waals surface area contributed by atoms with Crippen molar-refractivity contribution in [2.75, 3.05) is 7.11 Å². The molecule has 0 aromatic rings. The fourth-order valence-corrected chi connectivity index (χ4v) is 0.446. The van der Waals surface area contributed by atoms with Crippen LogP contribution in [0.2, 0.25) is 0 Å². The molecule has 0 unspecified atom stereocenters. The summed E-state index contributed by atoms with van der Waals surface area (Å²) in [7, 11) is 1.24. The normalized spacial score (nSPS) is 12.9. The molecular weight excluding hydrogens is 146 g/mol. The number of amidine groups is 1. The Morgan fingerprint density at radius 1 is 1.64 bits per heavy atom. The lowest BCUT2D eigenvalue weighted by Crippen LogP contribution is -2.11. The lowest BCUT2D eigenvalue weighted by Gasteiger charge is -1.97. The Bertz CT molecular complexity index is 204. The molecule has 0 bridgehead atoms. The second-order valence-corrected chi connectivity index (χ2v) is 1.80. The quantitative estimate of drug-likeness (QED) is 0.241. The average molecular weight is 157 g/mol. The first-order valence-electron chi connectivity index (χ1n) is 2.92. The summed E-state index contributed by atoms with van der Waals surface area (Å²) in [5, 5.41) is 0. The van der Waals surface area contributed by atoms with E-state index >= 15 is 0 Å². The lowest BCUT2D eigenvalue weighted by atomic mass is 10.5. The van der Waals surface area contributed by atoms with Gasteiger partial charge < -0.3 is 16.2 Å². The largest absolute Gasteiger partial charge is 0.464 e. The van der Waals surface area contributed by atoms with E-state index in [1.165, 1.54) is 7.11 Å². The molecule has 0 saturated heterocycles. The van der Waals surface area contributed by atoms with Crippen molar-refractivity contribution in [1.29, 1.82) is 0 Å². The van der Waals surface area contributed by atoms with Gasteiger partial charge in [0.05, 0.1) is 12.9 Å². The first kappa shape index (κ1) is 9.48. The predicted octanol–water partition coefficient (Wildman–Crippen LogP) is -0.663. The summed E-state index contributed by atoms with van der Waals surface area (Å²) >= 11 is 0. The highest BCUT2D eigenvalue weighted by molar-refractivity contribution is 5.92. The minimum Gasteiger partial charge on any atom is -0.464 e. The van der Waals surface area contributed by atoms with E-state index in [4.69, 9.17) is 11.5 Å². The zero-order chi connectivity index (χ0) is 8.85. The zero-order valence-corrected chi connectivity index (χ0v) is 6.50. The molecule has 0 fully saturated rings. The molecule has 0 saturated carbocycles. The number of esters is 1. The van der Waals surface area contributed by atoms with E-state index in [1.807, 2.05) is 0 Å². The highest BCUT2D eigenvalue weighted by Gasteiger charge is 2.06. The van der Waals surface area contributed by atoms with Crippen LogP contribution in [0.15, 0.2) is 16.9 Å². The van der Waals surface area contributed by atoms with E-state index in [9.17, 15) is 4.79 Å². The highest BCUT2D eigenvalue weighted by atomic mass is 16.5. The van der Waals surface area contributed by atoms with E-state index in [-0.39, 0.29) is 11.5 Å². The van der Waals surface area contributed by atoms with Gasteiger partial charge in [0.2, 0.25) is 0 Å². The van der Waals surface area contributed by atoms with Crippen LogP contribution in [-0.2, 0) is 9.53 Å². The Hall–Kier alpha value is -1.52. The van der Waals surface area contributed by atoms with Gasteiger partial charge in [-0.3, -0.25) is 0 Å². The summed E-state index contributed by atoms with van der Waals surface area (Å²) in [5.74, 6) is -0.343. The molecule has 62 valence electrons. The number of carbonyl (C=O) groups excluding carboxylic acids is 1. The van der Waals surface area contributed by atoms with Crippen LogP contribution in [0, 0.1) is 0 Å². The Morgan fingerprint density at radius 2 is 2.18 bits per heavy atom. The number of nitrogens with zero attached hydrogens (tertiary/aromatic N) is 1. The van der Waals surface area contributed by atoms with Crippen molar-refractivity contribution in [1.82, 2.24) is 0 Å². The highest BCUT2D eigenvalue weighted by Crippen LogP contribution is 1.96.